The van der Waals surface area contributed by atoms with Gasteiger partial charge in [-0.25, -0.2) is 0 Å². The van der Waals surface area contributed by atoms with Gasteiger partial charge in [-0.2, -0.15) is 0 Å². The predicted octanol–water partition coefficient (Wildman–Crippen LogP) is 4.23. The van der Waals surface area contributed by atoms with Crippen molar-refractivity contribution in [3.05, 3.63) is 52.5 Å². The van der Waals surface area contributed by atoms with Crippen LogP contribution in [0.5, 0.6) is 5.75 Å². The molecule has 0 aliphatic heterocycles. The first-order chi connectivity index (χ1) is 10.6. The number of carbonyl (C=O) groups is 1. The van der Waals surface area contributed by atoms with Crippen molar-refractivity contribution in [1.29, 1.82) is 0 Å². The maximum Gasteiger partial charge on any atom is 0.307 e. The number of rotatable bonds is 4. The summed E-state index contributed by atoms with van der Waals surface area (Å²) in [7, 11) is 1.61. The molecule has 3 rings (SSSR count). The van der Waals surface area contributed by atoms with Crippen molar-refractivity contribution < 1.29 is 14.6 Å². The monoisotopic (exact) mass is 359 g/mol. The van der Waals surface area contributed by atoms with Crippen molar-refractivity contribution in [3.8, 4) is 17.0 Å². The minimum Gasteiger partial charge on any atom is -0.497 e. The molecule has 2 N–H and O–H groups in total. The number of hydrogen-bond donors (Lipinski definition) is 2. The molecule has 0 aliphatic rings. The van der Waals surface area contributed by atoms with Crippen molar-refractivity contribution in [2.45, 2.75) is 6.42 Å². The highest BCUT2D eigenvalue weighted by Crippen LogP contribution is 2.33. The van der Waals surface area contributed by atoms with Crippen LogP contribution in [0.25, 0.3) is 22.2 Å². The third-order valence-corrected chi connectivity index (χ3v) is 4.05. The van der Waals surface area contributed by atoms with E-state index in [1.54, 1.807) is 7.11 Å². The highest BCUT2D eigenvalue weighted by Gasteiger charge is 2.16. The lowest BCUT2D eigenvalue weighted by atomic mass is 10.0. The number of nitrogens with one attached hydrogen (secondary N) is 1. The van der Waals surface area contributed by atoms with Crippen LogP contribution in [0.1, 0.15) is 5.56 Å². The molecular weight excluding hydrogens is 346 g/mol. The zero-order valence-electron chi connectivity index (χ0n) is 11.9. The van der Waals surface area contributed by atoms with Crippen LogP contribution in [0.15, 0.2) is 46.9 Å². The number of aromatic amines is 1. The summed E-state index contributed by atoms with van der Waals surface area (Å²) in [5.41, 5.74) is 3.41. The number of fused-ring (bicyclic) bond motifs is 1. The Morgan fingerprint density at radius 3 is 2.82 bits per heavy atom. The molecule has 0 saturated heterocycles. The van der Waals surface area contributed by atoms with Crippen LogP contribution in [0.4, 0.5) is 0 Å². The van der Waals surface area contributed by atoms with Crippen LogP contribution >= 0.6 is 15.9 Å². The smallest absolute Gasteiger partial charge is 0.307 e. The van der Waals surface area contributed by atoms with E-state index in [1.165, 1.54) is 0 Å². The standard InChI is InChI=1S/C17H14BrNO3/c1-22-12-4-2-3-10(7-12)17-14(9-16(20)21)13-8-11(18)5-6-15(13)19-17/h2-8,19H,9H2,1H3,(H,20,21). The molecule has 0 bridgehead atoms. The third-order valence-electron chi connectivity index (χ3n) is 3.55. The van der Waals surface area contributed by atoms with Crippen LogP contribution in [0, 0.1) is 0 Å². The minimum atomic E-state index is -0.856. The number of hydrogen-bond acceptors (Lipinski definition) is 2. The number of methoxy groups -OCH3 is 1. The van der Waals surface area contributed by atoms with E-state index in [0.29, 0.717) is 0 Å². The molecule has 0 radical (unpaired) electrons. The molecule has 2 aromatic carbocycles. The van der Waals surface area contributed by atoms with E-state index in [9.17, 15) is 9.90 Å². The Balaban J connectivity index is 2.25. The minimum absolute atomic E-state index is 0.0387. The number of carboxylic acid groups (broad SMARTS) is 1. The second-order valence-electron chi connectivity index (χ2n) is 4.97. The Morgan fingerprint density at radius 2 is 2.09 bits per heavy atom. The predicted molar refractivity (Wildman–Crippen MR) is 89.3 cm³/mol. The van der Waals surface area contributed by atoms with Crippen LogP contribution in [0.3, 0.4) is 0 Å². The number of benzene rings is 2. The fourth-order valence-corrected chi connectivity index (χ4v) is 2.94. The normalized spacial score (nSPS) is 10.8. The molecule has 3 aromatic rings. The molecule has 0 spiro atoms. The highest BCUT2D eigenvalue weighted by molar-refractivity contribution is 9.10. The Morgan fingerprint density at radius 1 is 1.27 bits per heavy atom. The van der Waals surface area contributed by atoms with Gasteiger partial charge in [0.15, 0.2) is 0 Å². The summed E-state index contributed by atoms with van der Waals surface area (Å²) in [5.74, 6) is -0.122. The average molecular weight is 360 g/mol. The third kappa shape index (κ3) is 2.72. The molecule has 4 nitrogen and oxygen atoms in total. The molecular formula is C17H14BrNO3. The zero-order chi connectivity index (χ0) is 15.7. The number of halogens is 1. The fraction of sp³-hybridized carbons (Fsp3) is 0.118. The molecule has 0 unspecified atom stereocenters. The van der Waals surface area contributed by atoms with Gasteiger partial charge in [-0.15, -0.1) is 0 Å². The molecule has 0 atom stereocenters. The van der Waals surface area contributed by atoms with Gasteiger partial charge in [0.1, 0.15) is 5.75 Å². The van der Waals surface area contributed by atoms with Crippen LogP contribution in [0.2, 0.25) is 0 Å². The van der Waals surface area contributed by atoms with E-state index in [0.717, 1.165) is 37.9 Å². The second-order valence-corrected chi connectivity index (χ2v) is 5.89. The Labute approximate surface area is 135 Å². The van der Waals surface area contributed by atoms with E-state index in [-0.39, 0.29) is 6.42 Å². The molecule has 0 fully saturated rings. The number of ether oxygens (including phenoxy) is 1. The van der Waals surface area contributed by atoms with Crippen molar-refractivity contribution in [1.82, 2.24) is 4.98 Å². The summed E-state index contributed by atoms with van der Waals surface area (Å²) in [6, 6.07) is 13.4. The molecule has 0 aliphatic carbocycles. The van der Waals surface area contributed by atoms with E-state index in [2.05, 4.69) is 20.9 Å². The largest absolute Gasteiger partial charge is 0.497 e. The van der Waals surface area contributed by atoms with Crippen molar-refractivity contribution in [3.63, 3.8) is 0 Å². The van der Waals surface area contributed by atoms with Crippen LogP contribution < -0.4 is 4.74 Å². The first kappa shape index (κ1) is 14.7. The quantitative estimate of drug-likeness (QED) is 0.732. The van der Waals surface area contributed by atoms with E-state index in [4.69, 9.17) is 4.74 Å². The van der Waals surface area contributed by atoms with E-state index in [1.807, 2.05) is 42.5 Å². The SMILES string of the molecule is COc1cccc(-c2[nH]c3ccc(Br)cc3c2CC(=O)O)c1. The number of H-pyrrole nitrogens is 1. The number of aliphatic carboxylic acids is 1. The van der Waals surface area contributed by atoms with Gasteiger partial charge in [-0.3, -0.25) is 4.79 Å². The van der Waals surface area contributed by atoms with Gasteiger partial charge in [0.05, 0.1) is 19.2 Å². The zero-order valence-corrected chi connectivity index (χ0v) is 13.5. The van der Waals surface area contributed by atoms with Gasteiger partial charge in [-0.05, 0) is 35.9 Å². The van der Waals surface area contributed by atoms with Gasteiger partial charge in [0, 0.05) is 20.9 Å². The summed E-state index contributed by atoms with van der Waals surface area (Å²) >= 11 is 3.44. The Bertz CT molecular complexity index is 854. The van der Waals surface area contributed by atoms with Gasteiger partial charge >= 0.3 is 5.97 Å². The van der Waals surface area contributed by atoms with Crippen molar-refractivity contribution in [2.75, 3.05) is 7.11 Å². The van der Waals surface area contributed by atoms with Gasteiger partial charge in [0.25, 0.3) is 0 Å². The van der Waals surface area contributed by atoms with E-state index < -0.39 is 5.97 Å². The summed E-state index contributed by atoms with van der Waals surface area (Å²) in [6.45, 7) is 0. The number of carboxylic acids is 1. The molecule has 0 saturated carbocycles. The molecule has 1 aromatic heterocycles. The lowest BCUT2D eigenvalue weighted by molar-refractivity contribution is -0.136. The topological polar surface area (TPSA) is 62.3 Å². The highest BCUT2D eigenvalue weighted by atomic mass is 79.9. The van der Waals surface area contributed by atoms with Gasteiger partial charge in [-0.1, -0.05) is 28.1 Å². The van der Waals surface area contributed by atoms with Crippen LogP contribution in [-0.4, -0.2) is 23.2 Å². The van der Waals surface area contributed by atoms with Crippen molar-refractivity contribution >= 4 is 32.8 Å². The molecule has 1 heterocycles. The lowest BCUT2D eigenvalue weighted by Gasteiger charge is -2.05. The lowest BCUT2D eigenvalue weighted by Crippen LogP contribution is -2.01. The molecule has 112 valence electrons. The first-order valence-corrected chi connectivity index (χ1v) is 7.54. The summed E-state index contributed by atoms with van der Waals surface area (Å²) in [4.78, 5) is 14.6. The maximum atomic E-state index is 11.3. The summed E-state index contributed by atoms with van der Waals surface area (Å²) in [5, 5.41) is 10.1. The summed E-state index contributed by atoms with van der Waals surface area (Å²) < 4.78 is 6.17. The Hall–Kier alpha value is -2.27. The van der Waals surface area contributed by atoms with Gasteiger partial charge in [0.2, 0.25) is 0 Å². The number of aromatic nitrogens is 1. The molecule has 22 heavy (non-hydrogen) atoms. The first-order valence-electron chi connectivity index (χ1n) is 6.75. The molecule has 0 amide bonds. The molecule has 5 heteroatoms. The summed E-state index contributed by atoms with van der Waals surface area (Å²) in [6.07, 6.45) is -0.0387. The average Bonchev–Trinajstić information content (AvgIpc) is 2.85. The maximum absolute atomic E-state index is 11.3. The van der Waals surface area contributed by atoms with E-state index >= 15 is 0 Å². The van der Waals surface area contributed by atoms with Crippen LogP contribution in [-0.2, 0) is 11.2 Å². The van der Waals surface area contributed by atoms with Crippen molar-refractivity contribution in [2.24, 2.45) is 0 Å². The van der Waals surface area contributed by atoms with Gasteiger partial charge < -0.3 is 14.8 Å². The second kappa shape index (κ2) is 5.85. The Kier molecular flexibility index (Phi) is 3.90. The fourth-order valence-electron chi connectivity index (χ4n) is 2.58.